The van der Waals surface area contributed by atoms with Crippen molar-refractivity contribution in [2.75, 3.05) is 0 Å². The minimum Gasteiger partial charge on any atom is -0.373 e. The van der Waals surface area contributed by atoms with Crippen LogP contribution in [0.5, 0.6) is 0 Å². The smallest absolute Gasteiger partial charge is 0.331 e. The Morgan fingerprint density at radius 3 is 1.71 bits per heavy atom. The van der Waals surface area contributed by atoms with Crippen LogP contribution in [0.1, 0.15) is 19.3 Å². The molecule has 0 saturated carbocycles. The highest BCUT2D eigenvalue weighted by atomic mass is 16.7. The van der Waals surface area contributed by atoms with Crippen molar-refractivity contribution in [1.29, 1.82) is 0 Å². The molecule has 0 bridgehead atoms. The molecule has 0 amide bonds. The summed E-state index contributed by atoms with van der Waals surface area (Å²) in [5.41, 5.74) is -0.681. The van der Waals surface area contributed by atoms with E-state index < -0.39 is 11.4 Å². The highest BCUT2D eigenvalue weighted by Gasteiger charge is 2.36. The van der Waals surface area contributed by atoms with E-state index in [0.717, 1.165) is 0 Å². The predicted octanol–water partition coefficient (Wildman–Crippen LogP) is 2.12. The fourth-order valence-electron chi connectivity index (χ4n) is 1.45. The standard InChI is InChI=1S/C11H17NO2/c1-4-7-11(8-5-2,9-6-3)10(13)14-12/h4-6H,1-3,7-9,12H2. The minimum atomic E-state index is -0.681. The van der Waals surface area contributed by atoms with Gasteiger partial charge in [0, 0.05) is 0 Å². The van der Waals surface area contributed by atoms with Crippen LogP contribution in [0.2, 0.25) is 0 Å². The lowest BCUT2D eigenvalue weighted by molar-refractivity contribution is -0.156. The van der Waals surface area contributed by atoms with E-state index in [9.17, 15) is 4.79 Å². The lowest BCUT2D eigenvalue weighted by Crippen LogP contribution is -2.33. The molecule has 78 valence electrons. The zero-order chi connectivity index (χ0) is 11.0. The van der Waals surface area contributed by atoms with Gasteiger partial charge in [-0.1, -0.05) is 18.2 Å². The maximum atomic E-state index is 11.5. The van der Waals surface area contributed by atoms with E-state index in [1.165, 1.54) is 0 Å². The van der Waals surface area contributed by atoms with E-state index in [0.29, 0.717) is 19.3 Å². The van der Waals surface area contributed by atoms with Crippen LogP contribution < -0.4 is 5.90 Å². The molecule has 0 aromatic carbocycles. The molecule has 0 saturated heterocycles. The Hall–Kier alpha value is -1.35. The first-order valence-electron chi connectivity index (χ1n) is 4.40. The van der Waals surface area contributed by atoms with Gasteiger partial charge in [-0.3, -0.25) is 0 Å². The summed E-state index contributed by atoms with van der Waals surface area (Å²) in [6.07, 6.45) is 6.51. The van der Waals surface area contributed by atoms with Gasteiger partial charge in [-0.05, 0) is 19.3 Å². The lowest BCUT2D eigenvalue weighted by atomic mass is 9.78. The van der Waals surface area contributed by atoms with E-state index in [1.807, 2.05) is 0 Å². The summed E-state index contributed by atoms with van der Waals surface area (Å²) in [6.45, 7) is 10.8. The number of carbonyl (C=O) groups is 1. The number of carbonyl (C=O) groups excluding carboxylic acids is 1. The molecule has 14 heavy (non-hydrogen) atoms. The topological polar surface area (TPSA) is 52.3 Å². The van der Waals surface area contributed by atoms with Crippen molar-refractivity contribution < 1.29 is 9.63 Å². The molecule has 2 N–H and O–H groups in total. The summed E-state index contributed by atoms with van der Waals surface area (Å²) in [5, 5.41) is 0. The van der Waals surface area contributed by atoms with E-state index >= 15 is 0 Å². The zero-order valence-electron chi connectivity index (χ0n) is 8.37. The van der Waals surface area contributed by atoms with Gasteiger partial charge in [-0.25, -0.2) is 4.79 Å². The molecule has 0 fully saturated rings. The third kappa shape index (κ3) is 2.85. The van der Waals surface area contributed by atoms with E-state index in [1.54, 1.807) is 18.2 Å². The van der Waals surface area contributed by atoms with Crippen LogP contribution in [0.3, 0.4) is 0 Å². The highest BCUT2D eigenvalue weighted by molar-refractivity contribution is 5.77. The number of hydrogen-bond acceptors (Lipinski definition) is 3. The number of hydrogen-bond donors (Lipinski definition) is 1. The average Bonchev–Trinajstić information content (AvgIpc) is 2.17. The Balaban J connectivity index is 4.88. The summed E-state index contributed by atoms with van der Waals surface area (Å²) in [6, 6.07) is 0. The molecular formula is C11H17NO2. The van der Waals surface area contributed by atoms with Crippen LogP contribution in [0.15, 0.2) is 38.0 Å². The van der Waals surface area contributed by atoms with Gasteiger partial charge >= 0.3 is 5.97 Å². The summed E-state index contributed by atoms with van der Waals surface area (Å²) >= 11 is 0. The van der Waals surface area contributed by atoms with Crippen LogP contribution in [0.4, 0.5) is 0 Å². The molecule has 0 aliphatic rings. The fourth-order valence-corrected chi connectivity index (χ4v) is 1.45. The third-order valence-corrected chi connectivity index (χ3v) is 2.15. The zero-order valence-corrected chi connectivity index (χ0v) is 8.37. The van der Waals surface area contributed by atoms with Gasteiger partial charge in [-0.2, -0.15) is 5.90 Å². The molecule has 0 atom stereocenters. The lowest BCUT2D eigenvalue weighted by Gasteiger charge is -2.26. The van der Waals surface area contributed by atoms with Gasteiger partial charge in [0.25, 0.3) is 0 Å². The number of allylic oxidation sites excluding steroid dienone is 3. The first-order valence-corrected chi connectivity index (χ1v) is 4.40. The second kappa shape index (κ2) is 6.16. The van der Waals surface area contributed by atoms with Gasteiger partial charge in [0.05, 0.1) is 5.41 Å². The molecule has 0 rings (SSSR count). The third-order valence-electron chi connectivity index (χ3n) is 2.15. The second-order valence-electron chi connectivity index (χ2n) is 3.16. The van der Waals surface area contributed by atoms with Crippen LogP contribution in [-0.2, 0) is 9.63 Å². The molecule has 3 nitrogen and oxygen atoms in total. The fraction of sp³-hybridized carbons (Fsp3) is 0.364. The molecule has 0 radical (unpaired) electrons. The van der Waals surface area contributed by atoms with E-state index in [-0.39, 0.29) is 0 Å². The molecule has 0 aromatic heterocycles. The largest absolute Gasteiger partial charge is 0.373 e. The summed E-state index contributed by atoms with van der Waals surface area (Å²) < 4.78 is 0. The van der Waals surface area contributed by atoms with Crippen molar-refractivity contribution in [2.45, 2.75) is 19.3 Å². The van der Waals surface area contributed by atoms with Crippen molar-refractivity contribution in [2.24, 2.45) is 11.3 Å². The quantitative estimate of drug-likeness (QED) is 0.500. The normalized spacial score (nSPS) is 10.4. The van der Waals surface area contributed by atoms with E-state index in [4.69, 9.17) is 5.90 Å². The molecule has 0 heterocycles. The van der Waals surface area contributed by atoms with Gasteiger partial charge in [0.1, 0.15) is 0 Å². The molecular weight excluding hydrogens is 178 g/mol. The van der Waals surface area contributed by atoms with Crippen LogP contribution in [-0.4, -0.2) is 5.97 Å². The summed E-state index contributed by atoms with van der Waals surface area (Å²) in [4.78, 5) is 15.8. The van der Waals surface area contributed by atoms with Crippen molar-refractivity contribution in [3.63, 3.8) is 0 Å². The van der Waals surface area contributed by atoms with Gasteiger partial charge in [0.2, 0.25) is 0 Å². The van der Waals surface area contributed by atoms with Crippen LogP contribution in [0, 0.1) is 5.41 Å². The SMILES string of the molecule is C=CCC(CC=C)(CC=C)C(=O)ON. The Morgan fingerprint density at radius 1 is 1.14 bits per heavy atom. The molecule has 0 aromatic rings. The number of rotatable bonds is 7. The maximum absolute atomic E-state index is 11.5. The van der Waals surface area contributed by atoms with Crippen molar-refractivity contribution in [3.8, 4) is 0 Å². The molecule has 0 aliphatic heterocycles. The molecule has 0 unspecified atom stereocenters. The van der Waals surface area contributed by atoms with Crippen LogP contribution in [0.25, 0.3) is 0 Å². The maximum Gasteiger partial charge on any atom is 0.331 e. The van der Waals surface area contributed by atoms with E-state index in [2.05, 4.69) is 24.6 Å². The second-order valence-corrected chi connectivity index (χ2v) is 3.16. The molecule has 0 spiro atoms. The Bertz CT molecular complexity index is 207. The van der Waals surface area contributed by atoms with Crippen molar-refractivity contribution in [3.05, 3.63) is 38.0 Å². The Labute approximate surface area is 84.9 Å². The first kappa shape index (κ1) is 12.7. The van der Waals surface area contributed by atoms with Gasteiger partial charge < -0.3 is 4.84 Å². The Morgan fingerprint density at radius 2 is 1.50 bits per heavy atom. The van der Waals surface area contributed by atoms with Crippen LogP contribution >= 0.6 is 0 Å². The van der Waals surface area contributed by atoms with Gasteiger partial charge in [0.15, 0.2) is 0 Å². The predicted molar refractivity (Wildman–Crippen MR) is 57.2 cm³/mol. The average molecular weight is 195 g/mol. The molecule has 0 aliphatic carbocycles. The number of nitrogens with two attached hydrogens (primary N) is 1. The van der Waals surface area contributed by atoms with Crippen molar-refractivity contribution in [1.82, 2.24) is 0 Å². The minimum absolute atomic E-state index is 0.447. The van der Waals surface area contributed by atoms with Gasteiger partial charge in [-0.15, -0.1) is 19.7 Å². The first-order chi connectivity index (χ1) is 6.66. The van der Waals surface area contributed by atoms with Crippen molar-refractivity contribution >= 4 is 5.97 Å². The monoisotopic (exact) mass is 195 g/mol. The highest BCUT2D eigenvalue weighted by Crippen LogP contribution is 2.33. The molecule has 3 heteroatoms. The summed E-state index contributed by atoms with van der Waals surface area (Å²) in [7, 11) is 0. The Kier molecular flexibility index (Phi) is 5.56. The summed E-state index contributed by atoms with van der Waals surface area (Å²) in [5.74, 6) is 4.45.